The van der Waals surface area contributed by atoms with E-state index in [0.29, 0.717) is 18.3 Å². The number of thioether (sulfide) groups is 2. The smallest absolute Gasteiger partial charge is 0.240 e. The zero-order valence-corrected chi connectivity index (χ0v) is 13.4. The van der Waals surface area contributed by atoms with E-state index in [9.17, 15) is 9.18 Å². The van der Waals surface area contributed by atoms with Crippen molar-refractivity contribution in [3.63, 3.8) is 0 Å². The molecule has 112 valence electrons. The number of hydrogen-bond acceptors (Lipinski definition) is 4. The number of anilines is 1. The molecule has 0 N–H and O–H groups in total. The molecule has 0 radical (unpaired) electrons. The maximum Gasteiger partial charge on any atom is 0.240 e. The molecule has 1 saturated heterocycles. The molecule has 3 rings (SSSR count). The number of para-hydroxylation sites is 1. The lowest BCUT2D eigenvalue weighted by Crippen LogP contribution is -2.43. The topological polar surface area (TPSA) is 32.7 Å². The molecule has 2 aliphatic rings. The molecule has 2 unspecified atom stereocenters. The van der Waals surface area contributed by atoms with Gasteiger partial charge in [0.05, 0.1) is 17.0 Å². The van der Waals surface area contributed by atoms with Gasteiger partial charge in [-0.1, -0.05) is 35.7 Å². The molecule has 0 spiro atoms. The van der Waals surface area contributed by atoms with Gasteiger partial charge in [-0.15, -0.1) is 0 Å². The number of carbonyl (C=O) groups is 1. The summed E-state index contributed by atoms with van der Waals surface area (Å²) in [4.78, 5) is 18.7. The zero-order valence-electron chi connectivity index (χ0n) is 11.8. The molecule has 1 aromatic carbocycles. The Morgan fingerprint density at radius 1 is 1.43 bits per heavy atom. The number of halogens is 1. The van der Waals surface area contributed by atoms with Crippen LogP contribution < -0.4 is 4.90 Å². The molecule has 21 heavy (non-hydrogen) atoms. The number of amides is 1. The third kappa shape index (κ3) is 3.26. The van der Waals surface area contributed by atoms with Gasteiger partial charge in [-0.3, -0.25) is 9.79 Å². The van der Waals surface area contributed by atoms with Crippen LogP contribution in [0.1, 0.15) is 19.8 Å². The third-order valence-electron chi connectivity index (χ3n) is 3.55. The summed E-state index contributed by atoms with van der Waals surface area (Å²) in [6, 6.07) is 6.81. The van der Waals surface area contributed by atoms with Gasteiger partial charge >= 0.3 is 0 Å². The molecule has 0 saturated carbocycles. The van der Waals surface area contributed by atoms with Gasteiger partial charge in [-0.05, 0) is 31.9 Å². The molecule has 1 aromatic rings. The second-order valence-corrected chi connectivity index (χ2v) is 7.70. The Balaban J connectivity index is 1.75. The third-order valence-corrected chi connectivity index (χ3v) is 6.22. The maximum absolute atomic E-state index is 13.9. The average Bonchev–Trinajstić information content (AvgIpc) is 2.88. The van der Waals surface area contributed by atoms with Gasteiger partial charge in [0.1, 0.15) is 10.2 Å². The molecule has 6 heteroatoms. The molecular formula is C15H17FN2OS2. The second kappa shape index (κ2) is 6.40. The number of nitrogens with zero attached hydrogens (tertiary/aromatic N) is 2. The van der Waals surface area contributed by atoms with Crippen LogP contribution in [0.2, 0.25) is 0 Å². The minimum absolute atomic E-state index is 0.000738. The molecule has 1 amide bonds. The number of hydrogen-bond donors (Lipinski definition) is 0. The minimum Gasteiger partial charge on any atom is -0.309 e. The van der Waals surface area contributed by atoms with Gasteiger partial charge in [0.25, 0.3) is 0 Å². The average molecular weight is 324 g/mol. The molecule has 3 nitrogen and oxygen atoms in total. The lowest BCUT2D eigenvalue weighted by molar-refractivity contribution is -0.119. The highest BCUT2D eigenvalue weighted by Gasteiger charge is 2.33. The van der Waals surface area contributed by atoms with Gasteiger partial charge in [-0.25, -0.2) is 4.39 Å². The molecule has 0 bridgehead atoms. The summed E-state index contributed by atoms with van der Waals surface area (Å²) in [5.74, 6) is 0.650. The van der Waals surface area contributed by atoms with Crippen LogP contribution in [0, 0.1) is 5.82 Å². The lowest BCUT2D eigenvalue weighted by atomic mass is 10.1. The Hall–Kier alpha value is -1.01. The number of carbonyl (C=O) groups excluding carboxylic acids is 1. The van der Waals surface area contributed by atoms with Crippen molar-refractivity contribution < 1.29 is 9.18 Å². The standard InChI is InChI=1S/C15H17FN2OS2/c1-10-9-20-15(17-10)21-13-7-4-8-18(14(13)19)12-6-3-2-5-11(12)16/h2-3,5-6,10,13H,4,7-9H2,1H3. The summed E-state index contributed by atoms with van der Waals surface area (Å²) >= 11 is 3.26. The predicted molar refractivity (Wildman–Crippen MR) is 88.7 cm³/mol. The monoisotopic (exact) mass is 324 g/mol. The Kier molecular flexibility index (Phi) is 4.54. The van der Waals surface area contributed by atoms with Crippen LogP contribution in [0.3, 0.4) is 0 Å². The van der Waals surface area contributed by atoms with Crippen LogP contribution in [-0.2, 0) is 4.79 Å². The van der Waals surface area contributed by atoms with Crippen LogP contribution in [0.5, 0.6) is 0 Å². The zero-order chi connectivity index (χ0) is 14.8. The first-order valence-corrected chi connectivity index (χ1v) is 8.95. The Bertz CT molecular complexity index is 579. The Morgan fingerprint density at radius 3 is 2.95 bits per heavy atom. The first-order valence-electron chi connectivity index (χ1n) is 7.08. The summed E-state index contributed by atoms with van der Waals surface area (Å²) in [6.07, 6.45) is 1.73. The van der Waals surface area contributed by atoms with Gasteiger partial charge in [-0.2, -0.15) is 0 Å². The molecular weight excluding hydrogens is 307 g/mol. The van der Waals surface area contributed by atoms with E-state index in [1.54, 1.807) is 46.6 Å². The largest absolute Gasteiger partial charge is 0.309 e. The predicted octanol–water partition coefficient (Wildman–Crippen LogP) is 3.55. The highest BCUT2D eigenvalue weighted by molar-refractivity contribution is 8.39. The van der Waals surface area contributed by atoms with Crippen LogP contribution in [0.25, 0.3) is 0 Å². The van der Waals surface area contributed by atoms with Crippen molar-refractivity contribution in [1.82, 2.24) is 0 Å². The minimum atomic E-state index is -0.335. The normalized spacial score (nSPS) is 26.1. The van der Waals surface area contributed by atoms with Gasteiger partial charge in [0.2, 0.25) is 5.91 Å². The fraction of sp³-hybridized carbons (Fsp3) is 0.467. The fourth-order valence-electron chi connectivity index (χ4n) is 2.49. The van der Waals surface area contributed by atoms with Gasteiger partial charge in [0, 0.05) is 12.3 Å². The Labute approximate surface area is 132 Å². The van der Waals surface area contributed by atoms with E-state index in [1.807, 2.05) is 0 Å². The van der Waals surface area contributed by atoms with Crippen molar-refractivity contribution in [2.24, 2.45) is 4.99 Å². The van der Waals surface area contributed by atoms with E-state index in [0.717, 1.165) is 23.0 Å². The quantitative estimate of drug-likeness (QED) is 0.834. The van der Waals surface area contributed by atoms with Gasteiger partial charge < -0.3 is 4.90 Å². The van der Waals surface area contributed by atoms with Crippen LogP contribution in [-0.4, -0.2) is 33.9 Å². The maximum atomic E-state index is 13.9. The second-order valence-electron chi connectivity index (χ2n) is 5.25. The van der Waals surface area contributed by atoms with Crippen molar-refractivity contribution in [3.8, 4) is 0 Å². The molecule has 2 atom stereocenters. The van der Waals surface area contributed by atoms with E-state index in [-0.39, 0.29) is 17.0 Å². The number of benzene rings is 1. The Morgan fingerprint density at radius 2 is 2.24 bits per heavy atom. The van der Waals surface area contributed by atoms with E-state index >= 15 is 0 Å². The highest BCUT2D eigenvalue weighted by Crippen LogP contribution is 2.34. The summed E-state index contributed by atoms with van der Waals surface area (Å²) in [5.41, 5.74) is 0.391. The molecule has 2 aliphatic heterocycles. The van der Waals surface area contributed by atoms with Crippen molar-refractivity contribution in [2.75, 3.05) is 17.2 Å². The van der Waals surface area contributed by atoms with Crippen molar-refractivity contribution in [1.29, 1.82) is 0 Å². The van der Waals surface area contributed by atoms with Crippen LogP contribution in [0.15, 0.2) is 29.3 Å². The number of rotatable bonds is 2. The van der Waals surface area contributed by atoms with E-state index in [1.165, 1.54) is 6.07 Å². The molecule has 1 fully saturated rings. The SMILES string of the molecule is CC1CSC(SC2CCCN(c3ccccc3F)C2=O)=N1. The highest BCUT2D eigenvalue weighted by atomic mass is 32.2. The van der Waals surface area contributed by atoms with Crippen LogP contribution in [0.4, 0.5) is 10.1 Å². The molecule has 2 heterocycles. The fourth-order valence-corrected chi connectivity index (χ4v) is 5.03. The number of piperidine rings is 1. The van der Waals surface area contributed by atoms with E-state index in [4.69, 9.17) is 0 Å². The molecule has 0 aromatic heterocycles. The van der Waals surface area contributed by atoms with Gasteiger partial charge in [0.15, 0.2) is 0 Å². The number of aliphatic imine (C=N–C) groups is 1. The van der Waals surface area contributed by atoms with Crippen molar-refractivity contribution in [3.05, 3.63) is 30.1 Å². The first kappa shape index (κ1) is 14.9. The summed E-state index contributed by atoms with van der Waals surface area (Å²) in [6.45, 7) is 2.67. The first-order chi connectivity index (χ1) is 10.1. The van der Waals surface area contributed by atoms with Crippen molar-refractivity contribution >= 4 is 39.5 Å². The van der Waals surface area contributed by atoms with E-state index < -0.39 is 0 Å². The summed E-state index contributed by atoms with van der Waals surface area (Å²) in [7, 11) is 0. The molecule has 0 aliphatic carbocycles. The summed E-state index contributed by atoms with van der Waals surface area (Å²) in [5, 5.41) is -0.144. The van der Waals surface area contributed by atoms with Crippen molar-refractivity contribution in [2.45, 2.75) is 31.1 Å². The van der Waals surface area contributed by atoms with Crippen LogP contribution >= 0.6 is 23.5 Å². The summed E-state index contributed by atoms with van der Waals surface area (Å²) < 4.78 is 14.9. The van der Waals surface area contributed by atoms with E-state index in [2.05, 4.69) is 11.9 Å². The lowest BCUT2D eigenvalue weighted by Gasteiger charge is -2.32.